The Morgan fingerprint density at radius 2 is 2.00 bits per heavy atom. The highest BCUT2D eigenvalue weighted by atomic mass is 15.2. The molecule has 2 nitrogen and oxygen atoms in total. The first-order chi connectivity index (χ1) is 7.18. The molecule has 0 amide bonds. The largest absolute Gasteiger partial charge is 0.330 e. The van der Waals surface area contributed by atoms with E-state index in [9.17, 15) is 0 Å². The van der Waals surface area contributed by atoms with Crippen molar-refractivity contribution in [2.24, 2.45) is 0 Å². The Bertz CT molecular complexity index is 382. The zero-order valence-electron chi connectivity index (χ0n) is 9.51. The zero-order chi connectivity index (χ0) is 10.8. The molecule has 0 aliphatic carbocycles. The Labute approximate surface area is 91.4 Å². The minimum Gasteiger partial charge on any atom is -0.330 e. The van der Waals surface area contributed by atoms with Gasteiger partial charge < -0.3 is 4.90 Å². The van der Waals surface area contributed by atoms with Gasteiger partial charge in [-0.25, -0.2) is 0 Å². The van der Waals surface area contributed by atoms with Crippen molar-refractivity contribution in [3.63, 3.8) is 0 Å². The van der Waals surface area contributed by atoms with E-state index in [1.54, 1.807) is 0 Å². The van der Waals surface area contributed by atoms with Crippen molar-refractivity contribution in [3.05, 3.63) is 29.3 Å². The number of rotatable bonds is 1. The van der Waals surface area contributed by atoms with E-state index < -0.39 is 0 Å². The van der Waals surface area contributed by atoms with Gasteiger partial charge in [-0.2, -0.15) is 0 Å². The third-order valence-electron chi connectivity index (χ3n) is 3.03. The summed E-state index contributed by atoms with van der Waals surface area (Å²) in [5, 5.41) is 7.98. The maximum Gasteiger partial charge on any atom is 0.100 e. The van der Waals surface area contributed by atoms with E-state index in [4.69, 9.17) is 5.41 Å². The van der Waals surface area contributed by atoms with Gasteiger partial charge in [0.2, 0.25) is 0 Å². The first-order valence-electron chi connectivity index (χ1n) is 5.61. The minimum atomic E-state index is 0.773. The fraction of sp³-hybridized carbons (Fsp3) is 0.462. The zero-order valence-corrected chi connectivity index (χ0v) is 9.51. The van der Waals surface area contributed by atoms with Crippen molar-refractivity contribution in [3.8, 4) is 0 Å². The standard InChI is InChI=1S/C13H18N2/c1-10-6-7-11(2)12(9-10)15-8-4-3-5-13(15)14/h6-7,9,14H,3-5,8H2,1-2H3. The SMILES string of the molecule is Cc1ccc(C)c(N2CCCCC2=N)c1. The highest BCUT2D eigenvalue weighted by Gasteiger charge is 2.17. The quantitative estimate of drug-likeness (QED) is 0.743. The van der Waals surface area contributed by atoms with Crippen LogP contribution in [0.4, 0.5) is 5.69 Å². The predicted molar refractivity (Wildman–Crippen MR) is 64.8 cm³/mol. The summed E-state index contributed by atoms with van der Waals surface area (Å²) in [6.07, 6.45) is 3.29. The molecule has 0 aromatic heterocycles. The highest BCUT2D eigenvalue weighted by molar-refractivity contribution is 5.96. The van der Waals surface area contributed by atoms with Crippen LogP contribution in [0.5, 0.6) is 0 Å². The smallest absolute Gasteiger partial charge is 0.100 e. The predicted octanol–water partition coefficient (Wildman–Crippen LogP) is 3.27. The number of hydrogen-bond donors (Lipinski definition) is 1. The van der Waals surface area contributed by atoms with Crippen LogP contribution in [0.2, 0.25) is 0 Å². The van der Waals surface area contributed by atoms with Crippen molar-refractivity contribution in [2.75, 3.05) is 11.4 Å². The van der Waals surface area contributed by atoms with Gasteiger partial charge in [-0.05, 0) is 43.9 Å². The maximum atomic E-state index is 7.98. The molecule has 1 aliphatic heterocycles. The van der Waals surface area contributed by atoms with Crippen LogP contribution in [0.25, 0.3) is 0 Å². The van der Waals surface area contributed by atoms with Crippen molar-refractivity contribution < 1.29 is 0 Å². The lowest BCUT2D eigenvalue weighted by Crippen LogP contribution is -2.35. The fourth-order valence-corrected chi connectivity index (χ4v) is 2.11. The normalized spacial score (nSPS) is 16.9. The number of nitrogens with zero attached hydrogens (tertiary/aromatic N) is 1. The highest BCUT2D eigenvalue weighted by Crippen LogP contribution is 2.25. The first kappa shape index (κ1) is 10.2. The van der Waals surface area contributed by atoms with E-state index in [0.717, 1.165) is 18.8 Å². The third kappa shape index (κ3) is 2.04. The fourth-order valence-electron chi connectivity index (χ4n) is 2.11. The summed E-state index contributed by atoms with van der Waals surface area (Å²) >= 11 is 0. The lowest BCUT2D eigenvalue weighted by atomic mass is 10.1. The van der Waals surface area contributed by atoms with Gasteiger partial charge >= 0.3 is 0 Å². The van der Waals surface area contributed by atoms with Gasteiger partial charge in [0.1, 0.15) is 5.84 Å². The molecule has 0 radical (unpaired) electrons. The van der Waals surface area contributed by atoms with Crippen LogP contribution in [0.15, 0.2) is 18.2 Å². The van der Waals surface area contributed by atoms with E-state index in [-0.39, 0.29) is 0 Å². The summed E-state index contributed by atoms with van der Waals surface area (Å²) in [5.41, 5.74) is 3.76. The van der Waals surface area contributed by atoms with Gasteiger partial charge in [0.05, 0.1) is 0 Å². The Kier molecular flexibility index (Phi) is 2.76. The number of amidine groups is 1. The van der Waals surface area contributed by atoms with Crippen LogP contribution < -0.4 is 4.90 Å². The molecule has 2 rings (SSSR count). The molecular weight excluding hydrogens is 184 g/mol. The third-order valence-corrected chi connectivity index (χ3v) is 3.03. The molecule has 2 heteroatoms. The van der Waals surface area contributed by atoms with E-state index in [0.29, 0.717) is 0 Å². The van der Waals surface area contributed by atoms with Crippen LogP contribution in [0.1, 0.15) is 30.4 Å². The van der Waals surface area contributed by atoms with E-state index in [1.165, 1.54) is 29.7 Å². The van der Waals surface area contributed by atoms with Crippen molar-refractivity contribution in [1.82, 2.24) is 0 Å². The lowest BCUT2D eigenvalue weighted by Gasteiger charge is -2.30. The van der Waals surface area contributed by atoms with Crippen LogP contribution in [0.3, 0.4) is 0 Å². The summed E-state index contributed by atoms with van der Waals surface area (Å²) in [7, 11) is 0. The second-order valence-corrected chi connectivity index (χ2v) is 4.35. The summed E-state index contributed by atoms with van der Waals surface area (Å²) in [6.45, 7) is 5.23. The number of aryl methyl sites for hydroxylation is 2. The molecule has 0 bridgehead atoms. The number of anilines is 1. The van der Waals surface area contributed by atoms with Crippen LogP contribution in [-0.2, 0) is 0 Å². The monoisotopic (exact) mass is 202 g/mol. The number of nitrogens with one attached hydrogen (secondary N) is 1. The van der Waals surface area contributed by atoms with E-state index in [1.807, 2.05) is 0 Å². The topological polar surface area (TPSA) is 27.1 Å². The Hall–Kier alpha value is -1.31. The summed E-state index contributed by atoms with van der Waals surface area (Å²) in [5.74, 6) is 0.773. The van der Waals surface area contributed by atoms with Gasteiger partial charge in [-0.15, -0.1) is 0 Å². The van der Waals surface area contributed by atoms with Crippen LogP contribution in [-0.4, -0.2) is 12.4 Å². The molecule has 1 aliphatic rings. The molecule has 1 saturated heterocycles. The molecule has 1 aromatic carbocycles. The second kappa shape index (κ2) is 4.05. The van der Waals surface area contributed by atoms with Gasteiger partial charge in [-0.1, -0.05) is 12.1 Å². The Morgan fingerprint density at radius 3 is 2.73 bits per heavy atom. The van der Waals surface area contributed by atoms with Crippen molar-refractivity contribution in [1.29, 1.82) is 5.41 Å². The molecule has 0 atom stereocenters. The van der Waals surface area contributed by atoms with Gasteiger partial charge in [-0.3, -0.25) is 5.41 Å². The average molecular weight is 202 g/mol. The first-order valence-corrected chi connectivity index (χ1v) is 5.61. The summed E-state index contributed by atoms with van der Waals surface area (Å²) in [4.78, 5) is 2.16. The molecule has 1 heterocycles. The van der Waals surface area contributed by atoms with E-state index >= 15 is 0 Å². The molecule has 80 valence electrons. The summed E-state index contributed by atoms with van der Waals surface area (Å²) < 4.78 is 0. The molecule has 0 saturated carbocycles. The van der Waals surface area contributed by atoms with Crippen molar-refractivity contribution >= 4 is 11.5 Å². The number of benzene rings is 1. The molecule has 15 heavy (non-hydrogen) atoms. The summed E-state index contributed by atoms with van der Waals surface area (Å²) in [6, 6.07) is 6.47. The van der Waals surface area contributed by atoms with Gasteiger partial charge in [0, 0.05) is 18.7 Å². The van der Waals surface area contributed by atoms with Crippen LogP contribution in [0, 0.1) is 19.3 Å². The Balaban J connectivity index is 2.34. The lowest BCUT2D eigenvalue weighted by molar-refractivity contribution is 0.706. The minimum absolute atomic E-state index is 0.773. The molecule has 1 N–H and O–H groups in total. The Morgan fingerprint density at radius 1 is 1.20 bits per heavy atom. The number of hydrogen-bond acceptors (Lipinski definition) is 1. The average Bonchev–Trinajstić information content (AvgIpc) is 2.23. The molecule has 0 unspecified atom stereocenters. The maximum absolute atomic E-state index is 7.98. The van der Waals surface area contributed by atoms with E-state index in [2.05, 4.69) is 36.9 Å². The molecule has 1 fully saturated rings. The number of piperidine rings is 1. The van der Waals surface area contributed by atoms with Crippen molar-refractivity contribution in [2.45, 2.75) is 33.1 Å². The molecular formula is C13H18N2. The van der Waals surface area contributed by atoms with Crippen LogP contribution >= 0.6 is 0 Å². The molecule has 0 spiro atoms. The van der Waals surface area contributed by atoms with Gasteiger partial charge in [0.25, 0.3) is 0 Å². The molecule has 1 aromatic rings. The van der Waals surface area contributed by atoms with Gasteiger partial charge in [0.15, 0.2) is 0 Å². The second-order valence-electron chi connectivity index (χ2n) is 4.35.